The van der Waals surface area contributed by atoms with E-state index >= 15 is 0 Å². The largest absolute Gasteiger partial charge is 0.448 e. The summed E-state index contributed by atoms with van der Waals surface area (Å²) >= 11 is 0. The summed E-state index contributed by atoms with van der Waals surface area (Å²) in [6.45, 7) is 4.26. The highest BCUT2D eigenvalue weighted by atomic mass is 16.3. The molecule has 146 valence electrons. The lowest BCUT2D eigenvalue weighted by Crippen LogP contribution is -1.79. The molecule has 0 bridgehead atoms. The van der Waals surface area contributed by atoms with E-state index in [4.69, 9.17) is 8.83 Å². The van der Waals surface area contributed by atoms with Crippen molar-refractivity contribution in [1.29, 1.82) is 0 Å². The van der Waals surface area contributed by atoms with Crippen molar-refractivity contribution < 1.29 is 8.83 Å². The van der Waals surface area contributed by atoms with Crippen LogP contribution < -0.4 is 0 Å². The van der Waals surface area contributed by atoms with Crippen molar-refractivity contribution >= 4 is 43.5 Å². The number of hydrogen-bond donors (Lipinski definition) is 0. The van der Waals surface area contributed by atoms with Crippen LogP contribution in [-0.2, 0) is 0 Å². The van der Waals surface area contributed by atoms with Gasteiger partial charge in [-0.1, -0.05) is 50.0 Å². The Morgan fingerprint density at radius 1 is 0.567 bits per heavy atom. The third-order valence-corrected chi connectivity index (χ3v) is 5.37. The third kappa shape index (κ3) is 3.12. The summed E-state index contributed by atoms with van der Waals surface area (Å²) in [7, 11) is 0. The standard InChI is InChI=1S/C28H22O2/c1-3-5-7-9-19-17-25-23-11-12-24-22(21(23)13-15-27(25)29-19)14-16-28-26(24)18-20(30-28)10-8-6-4-2/h11-18H,3-6H2,1-2H3. The van der Waals surface area contributed by atoms with Gasteiger partial charge in [0, 0.05) is 35.7 Å². The van der Waals surface area contributed by atoms with E-state index < -0.39 is 0 Å². The van der Waals surface area contributed by atoms with Gasteiger partial charge in [-0.25, -0.2) is 0 Å². The second-order valence-electron chi connectivity index (χ2n) is 7.54. The zero-order chi connectivity index (χ0) is 20.5. The number of benzene rings is 3. The average molecular weight is 390 g/mol. The van der Waals surface area contributed by atoms with E-state index in [0.717, 1.165) is 59.1 Å². The molecule has 0 N–H and O–H groups in total. The summed E-state index contributed by atoms with van der Waals surface area (Å²) in [6, 6.07) is 16.8. The number of rotatable bonds is 2. The van der Waals surface area contributed by atoms with E-state index in [9.17, 15) is 0 Å². The van der Waals surface area contributed by atoms with Crippen LogP contribution in [0.25, 0.3) is 43.5 Å². The molecule has 0 unspecified atom stereocenters. The van der Waals surface area contributed by atoms with Gasteiger partial charge in [0.2, 0.25) is 0 Å². The first-order valence-electron chi connectivity index (χ1n) is 10.6. The van der Waals surface area contributed by atoms with Gasteiger partial charge in [0.05, 0.1) is 0 Å². The lowest BCUT2D eigenvalue weighted by atomic mass is 9.98. The predicted molar refractivity (Wildman–Crippen MR) is 125 cm³/mol. The number of furan rings is 2. The molecule has 0 atom stereocenters. The van der Waals surface area contributed by atoms with Crippen molar-refractivity contribution in [3.63, 3.8) is 0 Å². The zero-order valence-corrected chi connectivity index (χ0v) is 17.3. The highest BCUT2D eigenvalue weighted by molar-refractivity contribution is 6.21. The summed E-state index contributed by atoms with van der Waals surface area (Å²) in [5.41, 5.74) is 1.75. The van der Waals surface area contributed by atoms with Gasteiger partial charge in [-0.15, -0.1) is 0 Å². The smallest absolute Gasteiger partial charge is 0.178 e. The normalized spacial score (nSPS) is 11.0. The van der Waals surface area contributed by atoms with Gasteiger partial charge >= 0.3 is 0 Å². The van der Waals surface area contributed by atoms with E-state index in [2.05, 4.69) is 73.9 Å². The number of hydrogen-bond acceptors (Lipinski definition) is 2. The number of fused-ring (bicyclic) bond motifs is 7. The van der Waals surface area contributed by atoms with Gasteiger partial charge in [-0.3, -0.25) is 0 Å². The highest BCUT2D eigenvalue weighted by Crippen LogP contribution is 2.36. The zero-order valence-electron chi connectivity index (χ0n) is 17.3. The molecule has 0 spiro atoms. The molecular formula is C28H22O2. The minimum atomic E-state index is 0.728. The molecule has 0 aliphatic carbocycles. The Balaban J connectivity index is 1.69. The molecular weight excluding hydrogens is 368 g/mol. The summed E-state index contributed by atoms with van der Waals surface area (Å²) in [5.74, 6) is 14.1. The summed E-state index contributed by atoms with van der Waals surface area (Å²) in [6.07, 6.45) is 3.87. The van der Waals surface area contributed by atoms with Crippen LogP contribution in [0.1, 0.15) is 51.1 Å². The van der Waals surface area contributed by atoms with Crippen molar-refractivity contribution in [3.05, 3.63) is 60.1 Å². The first-order chi connectivity index (χ1) is 14.8. The maximum Gasteiger partial charge on any atom is 0.178 e. The molecule has 0 saturated heterocycles. The Morgan fingerprint density at radius 2 is 0.967 bits per heavy atom. The van der Waals surface area contributed by atoms with Crippen LogP contribution in [0.4, 0.5) is 0 Å². The van der Waals surface area contributed by atoms with Crippen molar-refractivity contribution in [2.45, 2.75) is 39.5 Å². The van der Waals surface area contributed by atoms with Gasteiger partial charge in [0.1, 0.15) is 11.2 Å². The summed E-state index contributed by atoms with van der Waals surface area (Å²) < 4.78 is 11.9. The van der Waals surface area contributed by atoms with Crippen molar-refractivity contribution in [1.82, 2.24) is 0 Å². The Labute approximate surface area is 175 Å². The summed E-state index contributed by atoms with van der Waals surface area (Å²) in [4.78, 5) is 0. The van der Waals surface area contributed by atoms with Crippen molar-refractivity contribution in [3.8, 4) is 23.7 Å². The van der Waals surface area contributed by atoms with Crippen LogP contribution in [-0.4, -0.2) is 0 Å². The molecule has 2 nitrogen and oxygen atoms in total. The van der Waals surface area contributed by atoms with Crippen LogP contribution >= 0.6 is 0 Å². The quantitative estimate of drug-likeness (QED) is 0.227. The highest BCUT2D eigenvalue weighted by Gasteiger charge is 2.12. The molecule has 2 heterocycles. The van der Waals surface area contributed by atoms with E-state index in [1.165, 1.54) is 21.5 Å². The van der Waals surface area contributed by atoms with Gasteiger partial charge < -0.3 is 8.83 Å². The molecule has 0 radical (unpaired) electrons. The van der Waals surface area contributed by atoms with Crippen LogP contribution in [0.3, 0.4) is 0 Å². The van der Waals surface area contributed by atoms with Crippen LogP contribution in [0.2, 0.25) is 0 Å². The molecule has 30 heavy (non-hydrogen) atoms. The molecule has 5 rings (SSSR count). The van der Waals surface area contributed by atoms with Crippen LogP contribution in [0.15, 0.2) is 57.4 Å². The Bertz CT molecular complexity index is 1400. The molecule has 2 heteroatoms. The fourth-order valence-electron chi connectivity index (χ4n) is 3.93. The molecule has 0 amide bonds. The molecule has 3 aromatic carbocycles. The second kappa shape index (κ2) is 7.66. The molecule has 0 aliphatic rings. The topological polar surface area (TPSA) is 26.3 Å². The lowest BCUT2D eigenvalue weighted by Gasteiger charge is -2.05. The van der Waals surface area contributed by atoms with Gasteiger partial charge in [0.25, 0.3) is 0 Å². The molecule has 5 aromatic rings. The monoisotopic (exact) mass is 390 g/mol. The fraction of sp³-hybridized carbons (Fsp3) is 0.214. The minimum Gasteiger partial charge on any atom is -0.448 e. The molecule has 2 aromatic heterocycles. The summed E-state index contributed by atoms with van der Waals surface area (Å²) in [5, 5.41) is 6.98. The third-order valence-electron chi connectivity index (χ3n) is 5.37. The lowest BCUT2D eigenvalue weighted by molar-refractivity contribution is 0.601. The second-order valence-corrected chi connectivity index (χ2v) is 7.54. The van der Waals surface area contributed by atoms with Gasteiger partial charge in [-0.05, 0) is 58.4 Å². The van der Waals surface area contributed by atoms with Gasteiger partial charge in [-0.2, -0.15) is 0 Å². The van der Waals surface area contributed by atoms with Crippen LogP contribution in [0, 0.1) is 23.7 Å². The Morgan fingerprint density at radius 3 is 1.40 bits per heavy atom. The van der Waals surface area contributed by atoms with Crippen LogP contribution in [0.5, 0.6) is 0 Å². The van der Waals surface area contributed by atoms with Crippen molar-refractivity contribution in [2.75, 3.05) is 0 Å². The van der Waals surface area contributed by atoms with E-state index in [0.29, 0.717) is 0 Å². The predicted octanol–water partition coefficient (Wildman–Crippen LogP) is 7.79. The first kappa shape index (κ1) is 18.4. The SMILES string of the molecule is CCCC#Cc1cc2c(ccc3c2ccc2c4cc(C#CCCC)oc4ccc23)o1. The first-order valence-corrected chi connectivity index (χ1v) is 10.6. The van der Waals surface area contributed by atoms with E-state index in [1.807, 2.05) is 12.1 Å². The van der Waals surface area contributed by atoms with Gasteiger partial charge in [0.15, 0.2) is 11.5 Å². The molecule has 0 fully saturated rings. The van der Waals surface area contributed by atoms with E-state index in [-0.39, 0.29) is 0 Å². The fourth-order valence-corrected chi connectivity index (χ4v) is 3.93. The van der Waals surface area contributed by atoms with E-state index in [1.54, 1.807) is 0 Å². The van der Waals surface area contributed by atoms with Crippen molar-refractivity contribution in [2.24, 2.45) is 0 Å². The average Bonchev–Trinajstić information content (AvgIpc) is 3.37. The molecule has 0 saturated carbocycles. The Kier molecular flexibility index (Phi) is 4.70. The molecule has 0 aliphatic heterocycles. The maximum absolute atomic E-state index is 5.95. The number of unbranched alkanes of at least 4 members (excludes halogenated alkanes) is 2. The minimum absolute atomic E-state index is 0.728. The Hall–Kier alpha value is -3.62. The maximum atomic E-state index is 5.95.